The topological polar surface area (TPSA) is 72.9 Å². The summed E-state index contributed by atoms with van der Waals surface area (Å²) < 4.78 is 10.7. The largest absolute Gasteiger partial charge is 0.379 e. The highest BCUT2D eigenvalue weighted by molar-refractivity contribution is 6.12. The van der Waals surface area contributed by atoms with Gasteiger partial charge in [0.2, 0.25) is 0 Å². The summed E-state index contributed by atoms with van der Waals surface area (Å²) in [5.41, 5.74) is -0.289. The van der Waals surface area contributed by atoms with E-state index in [1.165, 1.54) is 12.2 Å². The first-order valence-electron chi connectivity index (χ1n) is 7.61. The first kappa shape index (κ1) is 18.5. The number of Topliss-reactive ketones (excluding diaryl/α,β-unsaturated/α-hetero) is 1. The number of imide groups is 1. The average molecular weight is 311 g/mol. The van der Waals surface area contributed by atoms with Crippen LogP contribution in [0.1, 0.15) is 33.6 Å². The molecule has 0 aromatic carbocycles. The summed E-state index contributed by atoms with van der Waals surface area (Å²) in [5.74, 6) is -0.404. The minimum absolute atomic E-state index is 0.203. The normalized spacial score (nSPS) is 15.0. The molecule has 6 nitrogen and oxygen atoms in total. The molecule has 0 fully saturated rings. The van der Waals surface area contributed by atoms with Crippen molar-refractivity contribution >= 4 is 17.6 Å². The molecule has 1 aliphatic rings. The molecule has 1 rings (SSSR count). The van der Waals surface area contributed by atoms with Crippen LogP contribution in [0.3, 0.4) is 0 Å². The molecule has 0 radical (unpaired) electrons. The minimum Gasteiger partial charge on any atom is -0.379 e. The quantitative estimate of drug-likeness (QED) is 0.425. The van der Waals surface area contributed by atoms with Gasteiger partial charge in [0.25, 0.3) is 11.8 Å². The Balaban J connectivity index is 1.99. The minimum atomic E-state index is -0.304. The Labute approximate surface area is 131 Å². The molecule has 0 bridgehead atoms. The van der Waals surface area contributed by atoms with Crippen LogP contribution in [0.25, 0.3) is 0 Å². The van der Waals surface area contributed by atoms with Crippen LogP contribution in [-0.4, -0.2) is 55.5 Å². The Morgan fingerprint density at radius 3 is 2.14 bits per heavy atom. The zero-order chi connectivity index (χ0) is 16.6. The fourth-order valence-electron chi connectivity index (χ4n) is 1.83. The molecule has 6 heteroatoms. The summed E-state index contributed by atoms with van der Waals surface area (Å²) in [7, 11) is 0. The molecular weight excluding hydrogens is 286 g/mol. The standard InChI is InChI=1S/C16H25NO5/c1-4-16(2,3)13(18)7-9-21-11-12-22-10-8-17-14(19)5-6-15(17)20/h5-6H,4,7-12H2,1-3H3. The van der Waals surface area contributed by atoms with Crippen LogP contribution < -0.4 is 0 Å². The van der Waals surface area contributed by atoms with Crippen LogP contribution >= 0.6 is 0 Å². The monoisotopic (exact) mass is 311 g/mol. The van der Waals surface area contributed by atoms with Gasteiger partial charge in [-0.3, -0.25) is 19.3 Å². The maximum Gasteiger partial charge on any atom is 0.253 e. The maximum absolute atomic E-state index is 11.9. The summed E-state index contributed by atoms with van der Waals surface area (Å²) >= 11 is 0. The highest BCUT2D eigenvalue weighted by Crippen LogP contribution is 2.22. The first-order valence-corrected chi connectivity index (χ1v) is 7.61. The number of hydrogen-bond donors (Lipinski definition) is 0. The smallest absolute Gasteiger partial charge is 0.253 e. The maximum atomic E-state index is 11.9. The van der Waals surface area contributed by atoms with Crippen molar-refractivity contribution in [1.82, 2.24) is 4.90 Å². The van der Waals surface area contributed by atoms with Crippen molar-refractivity contribution in [3.8, 4) is 0 Å². The van der Waals surface area contributed by atoms with Crippen LogP contribution in [0, 0.1) is 5.41 Å². The van der Waals surface area contributed by atoms with Gasteiger partial charge >= 0.3 is 0 Å². The first-order chi connectivity index (χ1) is 10.4. The van der Waals surface area contributed by atoms with E-state index >= 15 is 0 Å². The van der Waals surface area contributed by atoms with E-state index in [0.717, 1.165) is 11.3 Å². The molecule has 0 unspecified atom stereocenters. The van der Waals surface area contributed by atoms with Crippen molar-refractivity contribution in [3.63, 3.8) is 0 Å². The second-order valence-corrected chi connectivity index (χ2v) is 5.80. The molecule has 0 spiro atoms. The van der Waals surface area contributed by atoms with E-state index in [9.17, 15) is 14.4 Å². The van der Waals surface area contributed by atoms with Crippen molar-refractivity contribution in [2.45, 2.75) is 33.6 Å². The van der Waals surface area contributed by atoms with Gasteiger partial charge in [0.15, 0.2) is 0 Å². The van der Waals surface area contributed by atoms with E-state index in [2.05, 4.69) is 0 Å². The van der Waals surface area contributed by atoms with E-state index in [4.69, 9.17) is 9.47 Å². The fraction of sp³-hybridized carbons (Fsp3) is 0.688. The molecule has 0 saturated heterocycles. The highest BCUT2D eigenvalue weighted by Gasteiger charge is 2.24. The van der Waals surface area contributed by atoms with Crippen molar-refractivity contribution in [2.24, 2.45) is 5.41 Å². The lowest BCUT2D eigenvalue weighted by atomic mass is 9.84. The number of amides is 2. The molecule has 22 heavy (non-hydrogen) atoms. The lowest BCUT2D eigenvalue weighted by molar-refractivity contribution is -0.137. The molecule has 0 aliphatic carbocycles. The van der Waals surface area contributed by atoms with Gasteiger partial charge in [0.1, 0.15) is 5.78 Å². The molecule has 0 saturated carbocycles. The Morgan fingerprint density at radius 2 is 1.59 bits per heavy atom. The van der Waals surface area contributed by atoms with Crippen LogP contribution in [0.5, 0.6) is 0 Å². The number of ketones is 1. The fourth-order valence-corrected chi connectivity index (χ4v) is 1.83. The summed E-state index contributed by atoms with van der Waals surface area (Å²) in [6.45, 7) is 7.55. The predicted molar refractivity (Wildman–Crippen MR) is 81.2 cm³/mol. The number of rotatable bonds is 11. The zero-order valence-electron chi connectivity index (χ0n) is 13.6. The SMILES string of the molecule is CCC(C)(C)C(=O)CCOCCOCCN1C(=O)C=CC1=O. The molecule has 0 N–H and O–H groups in total. The molecule has 1 aliphatic heterocycles. The van der Waals surface area contributed by atoms with Gasteiger partial charge in [-0.05, 0) is 6.42 Å². The Bertz CT molecular complexity index is 424. The van der Waals surface area contributed by atoms with E-state index < -0.39 is 0 Å². The second kappa shape index (κ2) is 8.80. The lowest BCUT2D eigenvalue weighted by Gasteiger charge is -2.20. The Hall–Kier alpha value is -1.53. The number of nitrogens with zero attached hydrogens (tertiary/aromatic N) is 1. The van der Waals surface area contributed by atoms with Crippen LogP contribution in [0.2, 0.25) is 0 Å². The Morgan fingerprint density at radius 1 is 1.05 bits per heavy atom. The van der Waals surface area contributed by atoms with Gasteiger partial charge in [-0.15, -0.1) is 0 Å². The Kier molecular flexibility index (Phi) is 7.41. The third kappa shape index (κ3) is 5.69. The van der Waals surface area contributed by atoms with Crippen LogP contribution in [0.4, 0.5) is 0 Å². The third-order valence-electron chi connectivity index (χ3n) is 3.84. The van der Waals surface area contributed by atoms with Gasteiger partial charge in [-0.2, -0.15) is 0 Å². The van der Waals surface area contributed by atoms with Gasteiger partial charge < -0.3 is 9.47 Å². The molecular formula is C16H25NO5. The summed E-state index contributed by atoms with van der Waals surface area (Å²) in [6.07, 6.45) is 3.72. The summed E-state index contributed by atoms with van der Waals surface area (Å²) in [5, 5.41) is 0. The zero-order valence-corrected chi connectivity index (χ0v) is 13.6. The predicted octanol–water partition coefficient (Wildman–Crippen LogP) is 1.34. The third-order valence-corrected chi connectivity index (χ3v) is 3.84. The van der Waals surface area contributed by atoms with Gasteiger partial charge in [0.05, 0.1) is 33.0 Å². The van der Waals surface area contributed by atoms with Crippen molar-refractivity contribution in [1.29, 1.82) is 0 Å². The van der Waals surface area contributed by atoms with Gasteiger partial charge in [0, 0.05) is 24.0 Å². The molecule has 1 heterocycles. The van der Waals surface area contributed by atoms with Gasteiger partial charge in [-0.25, -0.2) is 0 Å². The summed E-state index contributed by atoms with van der Waals surface area (Å²) in [6, 6.07) is 0. The van der Waals surface area contributed by atoms with E-state index in [1.807, 2.05) is 20.8 Å². The molecule has 0 atom stereocenters. The molecule has 124 valence electrons. The van der Waals surface area contributed by atoms with E-state index in [1.54, 1.807) is 0 Å². The number of carbonyl (C=O) groups excluding carboxylic acids is 3. The van der Waals surface area contributed by atoms with Crippen LogP contribution in [0.15, 0.2) is 12.2 Å². The van der Waals surface area contributed by atoms with Crippen molar-refractivity contribution in [3.05, 3.63) is 12.2 Å². The number of hydrogen-bond acceptors (Lipinski definition) is 5. The molecule has 0 aromatic heterocycles. The van der Waals surface area contributed by atoms with Crippen molar-refractivity contribution < 1.29 is 23.9 Å². The lowest BCUT2D eigenvalue weighted by Crippen LogP contribution is -2.33. The van der Waals surface area contributed by atoms with Crippen molar-refractivity contribution in [2.75, 3.05) is 33.0 Å². The van der Waals surface area contributed by atoms with E-state index in [-0.39, 0.29) is 36.2 Å². The van der Waals surface area contributed by atoms with Gasteiger partial charge in [-0.1, -0.05) is 20.8 Å². The van der Waals surface area contributed by atoms with Crippen LogP contribution in [-0.2, 0) is 23.9 Å². The average Bonchev–Trinajstić information content (AvgIpc) is 2.81. The highest BCUT2D eigenvalue weighted by atomic mass is 16.5. The summed E-state index contributed by atoms with van der Waals surface area (Å²) in [4.78, 5) is 35.5. The second-order valence-electron chi connectivity index (χ2n) is 5.80. The number of carbonyl (C=O) groups is 3. The molecule has 0 aromatic rings. The number of ether oxygens (including phenoxy) is 2. The van der Waals surface area contributed by atoms with E-state index in [0.29, 0.717) is 26.2 Å². The molecule has 2 amide bonds.